The van der Waals surface area contributed by atoms with Gasteiger partial charge in [0.25, 0.3) is 0 Å². The number of rotatable bonds is 5. The van der Waals surface area contributed by atoms with Crippen molar-refractivity contribution < 1.29 is 4.42 Å². The van der Waals surface area contributed by atoms with E-state index in [0.717, 1.165) is 72.2 Å². The van der Waals surface area contributed by atoms with E-state index < -0.39 is 5.63 Å². The van der Waals surface area contributed by atoms with Gasteiger partial charge in [-0.2, -0.15) is 0 Å². The minimum absolute atomic E-state index is 0.402. The highest BCUT2D eigenvalue weighted by atomic mass is 16.4. The third-order valence-corrected chi connectivity index (χ3v) is 10.9. The first-order chi connectivity index (χ1) is 27.2. The number of fused-ring (bicyclic) bond motifs is 7. The van der Waals surface area contributed by atoms with Crippen molar-refractivity contribution >= 4 is 54.6 Å². The fourth-order valence-electron chi connectivity index (χ4n) is 8.48. The number of hydrogen-bond donors (Lipinski definition) is 0. The zero-order valence-corrected chi connectivity index (χ0v) is 29.6. The quantitative estimate of drug-likeness (QED) is 0.168. The molecule has 11 aromatic rings. The lowest BCUT2D eigenvalue weighted by atomic mass is 9.91. The van der Waals surface area contributed by atoms with Crippen LogP contribution in [0.1, 0.15) is 0 Å². The molecule has 11 rings (SSSR count). The van der Waals surface area contributed by atoms with Crippen molar-refractivity contribution in [2.24, 2.45) is 0 Å². The van der Waals surface area contributed by atoms with E-state index in [2.05, 4.69) is 172 Å². The second-order valence-corrected chi connectivity index (χ2v) is 13.9. The molecule has 258 valence electrons. The summed E-state index contributed by atoms with van der Waals surface area (Å²) in [7, 11) is 0. The Hall–Kier alpha value is -7.50. The first-order valence-electron chi connectivity index (χ1n) is 18.4. The fourth-order valence-corrected chi connectivity index (χ4v) is 8.48. The number of para-hydroxylation sites is 4. The van der Waals surface area contributed by atoms with Crippen molar-refractivity contribution in [3.8, 4) is 44.8 Å². The highest BCUT2D eigenvalue weighted by Crippen LogP contribution is 2.41. The van der Waals surface area contributed by atoms with Gasteiger partial charge in [-0.1, -0.05) is 103 Å². The van der Waals surface area contributed by atoms with Gasteiger partial charge in [-0.05, 0) is 89.0 Å². The summed E-state index contributed by atoms with van der Waals surface area (Å²) < 4.78 is 10.8. The molecule has 55 heavy (non-hydrogen) atoms. The summed E-state index contributed by atoms with van der Waals surface area (Å²) in [5.74, 6) is 0. The zero-order chi connectivity index (χ0) is 36.5. The topological polar surface area (TPSA) is 53.0 Å². The molecule has 7 aromatic carbocycles. The Balaban J connectivity index is 1.08. The smallest absolute Gasteiger partial charge is 0.336 e. The van der Waals surface area contributed by atoms with Crippen LogP contribution in [0.3, 0.4) is 0 Å². The summed E-state index contributed by atoms with van der Waals surface area (Å²) in [6.45, 7) is 0. The van der Waals surface area contributed by atoms with Crippen molar-refractivity contribution in [2.45, 2.75) is 0 Å². The molecule has 4 aromatic heterocycles. The SMILES string of the molecule is O=c1cc(-c2ccncc2)c2c(-c3ccc(-n4c5ccccc5c5ccccc54)cc3)ccc(-c3ccc(-n4c5ccccc5c5ccccc54)cc3)c2o1. The van der Waals surface area contributed by atoms with Crippen LogP contribution in [0.25, 0.3) is 99.3 Å². The third-order valence-electron chi connectivity index (χ3n) is 10.9. The van der Waals surface area contributed by atoms with Crippen LogP contribution < -0.4 is 5.63 Å². The van der Waals surface area contributed by atoms with Gasteiger partial charge in [0.15, 0.2) is 0 Å². The second kappa shape index (κ2) is 12.3. The van der Waals surface area contributed by atoms with Gasteiger partial charge in [0.1, 0.15) is 5.58 Å². The van der Waals surface area contributed by atoms with Gasteiger partial charge in [0.05, 0.1) is 22.1 Å². The standard InChI is InChI=1S/C50H31N3O2/c54-48-31-43(34-27-29-51-30-28-34)49-37(32-17-21-35(22-18-32)52-44-13-5-1-9-39(44)40-10-2-6-14-45(40)52)25-26-38(50(49)55-48)33-19-23-36(24-20-33)53-46-15-7-3-11-41(46)42-12-4-8-16-47(42)53/h1-31H. The lowest BCUT2D eigenvalue weighted by Gasteiger charge is -2.16. The maximum Gasteiger partial charge on any atom is 0.336 e. The Morgan fingerprint density at radius 2 is 0.800 bits per heavy atom. The molecule has 5 nitrogen and oxygen atoms in total. The Morgan fingerprint density at radius 1 is 0.400 bits per heavy atom. The van der Waals surface area contributed by atoms with E-state index in [1.54, 1.807) is 18.5 Å². The molecule has 0 aliphatic heterocycles. The van der Waals surface area contributed by atoms with Gasteiger partial charge in [-0.25, -0.2) is 4.79 Å². The van der Waals surface area contributed by atoms with Crippen molar-refractivity contribution in [1.82, 2.24) is 14.1 Å². The van der Waals surface area contributed by atoms with Crippen molar-refractivity contribution in [3.05, 3.63) is 199 Å². The molecule has 0 aliphatic carbocycles. The van der Waals surface area contributed by atoms with E-state index in [1.807, 2.05) is 12.1 Å². The fraction of sp³-hybridized carbons (Fsp3) is 0. The monoisotopic (exact) mass is 705 g/mol. The van der Waals surface area contributed by atoms with E-state index in [1.165, 1.54) is 21.5 Å². The van der Waals surface area contributed by atoms with Gasteiger partial charge in [0.2, 0.25) is 0 Å². The summed E-state index contributed by atoms with van der Waals surface area (Å²) in [5.41, 5.74) is 12.4. The van der Waals surface area contributed by atoms with Crippen LogP contribution in [0.4, 0.5) is 0 Å². The lowest BCUT2D eigenvalue weighted by Crippen LogP contribution is -2.01. The molecule has 0 fully saturated rings. The van der Waals surface area contributed by atoms with Crippen LogP contribution in [0, 0.1) is 0 Å². The first kappa shape index (κ1) is 31.1. The number of benzene rings is 7. The molecule has 0 saturated heterocycles. The van der Waals surface area contributed by atoms with E-state index in [-0.39, 0.29) is 0 Å². The van der Waals surface area contributed by atoms with Crippen LogP contribution in [0.2, 0.25) is 0 Å². The summed E-state index contributed by atoms with van der Waals surface area (Å²) in [4.78, 5) is 17.6. The summed E-state index contributed by atoms with van der Waals surface area (Å²) >= 11 is 0. The van der Waals surface area contributed by atoms with Crippen LogP contribution in [-0.4, -0.2) is 14.1 Å². The Kier molecular flexibility index (Phi) is 6.94. The number of pyridine rings is 1. The molecule has 5 heteroatoms. The van der Waals surface area contributed by atoms with E-state index in [4.69, 9.17) is 4.42 Å². The van der Waals surface area contributed by atoms with Crippen LogP contribution >= 0.6 is 0 Å². The van der Waals surface area contributed by atoms with Crippen molar-refractivity contribution in [2.75, 3.05) is 0 Å². The summed E-state index contributed by atoms with van der Waals surface area (Å²) in [5, 5.41) is 5.77. The average Bonchev–Trinajstić information content (AvgIpc) is 3.77. The molecule has 0 spiro atoms. The third kappa shape index (κ3) is 4.87. The molecule has 0 aliphatic rings. The normalized spacial score (nSPS) is 11.7. The first-order valence-corrected chi connectivity index (χ1v) is 18.4. The largest absolute Gasteiger partial charge is 0.422 e. The Morgan fingerprint density at radius 3 is 1.27 bits per heavy atom. The van der Waals surface area contributed by atoms with Gasteiger partial charge < -0.3 is 13.6 Å². The number of nitrogens with zero attached hydrogens (tertiary/aromatic N) is 3. The maximum atomic E-state index is 13.4. The van der Waals surface area contributed by atoms with Crippen LogP contribution in [-0.2, 0) is 0 Å². The highest BCUT2D eigenvalue weighted by Gasteiger charge is 2.19. The molecule has 4 heterocycles. The molecule has 0 unspecified atom stereocenters. The van der Waals surface area contributed by atoms with E-state index >= 15 is 0 Å². The zero-order valence-electron chi connectivity index (χ0n) is 29.6. The molecule has 0 amide bonds. The molecule has 0 atom stereocenters. The van der Waals surface area contributed by atoms with E-state index in [0.29, 0.717) is 5.58 Å². The van der Waals surface area contributed by atoms with Gasteiger partial charge in [0, 0.05) is 67.9 Å². The molecule has 0 N–H and O–H groups in total. The molecular weight excluding hydrogens is 675 g/mol. The van der Waals surface area contributed by atoms with Crippen molar-refractivity contribution in [3.63, 3.8) is 0 Å². The minimum Gasteiger partial charge on any atom is -0.422 e. The van der Waals surface area contributed by atoms with Gasteiger partial charge in [-0.15, -0.1) is 0 Å². The highest BCUT2D eigenvalue weighted by molar-refractivity contribution is 6.11. The summed E-state index contributed by atoms with van der Waals surface area (Å²) in [6.07, 6.45) is 3.51. The minimum atomic E-state index is -0.402. The average molecular weight is 706 g/mol. The lowest BCUT2D eigenvalue weighted by molar-refractivity contribution is 0.562. The van der Waals surface area contributed by atoms with Gasteiger partial charge in [-0.3, -0.25) is 4.98 Å². The maximum absolute atomic E-state index is 13.4. The Labute approximate surface area is 315 Å². The van der Waals surface area contributed by atoms with Crippen LogP contribution in [0.5, 0.6) is 0 Å². The number of aromatic nitrogens is 3. The summed E-state index contributed by atoms with van der Waals surface area (Å²) in [6, 6.07) is 61.0. The predicted octanol–water partition coefficient (Wildman–Crippen LogP) is 12.4. The Bertz CT molecular complexity index is 3210. The molecule has 0 saturated carbocycles. The predicted molar refractivity (Wildman–Crippen MR) is 225 cm³/mol. The molecule has 0 radical (unpaired) electrons. The van der Waals surface area contributed by atoms with E-state index in [9.17, 15) is 4.79 Å². The second-order valence-electron chi connectivity index (χ2n) is 13.9. The molecule has 0 bridgehead atoms. The molecular formula is C50H31N3O2. The van der Waals surface area contributed by atoms with Crippen LogP contribution in [0.15, 0.2) is 198 Å². The van der Waals surface area contributed by atoms with Gasteiger partial charge >= 0.3 is 5.63 Å². The van der Waals surface area contributed by atoms with Crippen molar-refractivity contribution in [1.29, 1.82) is 0 Å². The number of hydrogen-bond acceptors (Lipinski definition) is 3.